The molecule has 0 atom stereocenters. The predicted molar refractivity (Wildman–Crippen MR) is 87.0 cm³/mol. The van der Waals surface area contributed by atoms with E-state index in [9.17, 15) is 4.79 Å². The number of nitrogens with zero attached hydrogens (tertiary/aromatic N) is 2. The summed E-state index contributed by atoms with van der Waals surface area (Å²) >= 11 is 0. The number of fused-ring (bicyclic) bond motifs is 1. The summed E-state index contributed by atoms with van der Waals surface area (Å²) in [6.07, 6.45) is 2.50. The molecule has 0 unspecified atom stereocenters. The van der Waals surface area contributed by atoms with Crippen LogP contribution in [0, 0.1) is 6.92 Å². The number of nitrogens with one attached hydrogen (secondary N) is 2. The molecule has 5 heteroatoms. The average Bonchev–Trinajstić information content (AvgIpc) is 3.10. The number of rotatable bonds is 5. The maximum atomic E-state index is 12.1. The van der Waals surface area contributed by atoms with Crippen LogP contribution in [0.1, 0.15) is 28.8 Å². The van der Waals surface area contributed by atoms with Crippen LogP contribution in [0.25, 0.3) is 11.0 Å². The third-order valence-corrected chi connectivity index (χ3v) is 3.88. The molecule has 2 heterocycles. The number of benzene rings is 1. The van der Waals surface area contributed by atoms with E-state index in [-0.39, 0.29) is 5.91 Å². The van der Waals surface area contributed by atoms with Crippen LogP contribution in [-0.2, 0) is 13.0 Å². The fraction of sp³-hybridized carbons (Fsp3) is 0.294. The van der Waals surface area contributed by atoms with E-state index in [0.29, 0.717) is 12.1 Å². The van der Waals surface area contributed by atoms with Crippen molar-refractivity contribution in [3.8, 4) is 0 Å². The summed E-state index contributed by atoms with van der Waals surface area (Å²) in [5.74, 6) is 0.965. The standard InChI is InChI=1S/C17H20N4O/c1-3-21-15-7-5-4-6-14(15)20-16(21)9-11-19-17(22)13-8-10-18-12(13)2/h4-8,10,18H,3,9,11H2,1-2H3,(H,19,22). The molecule has 0 saturated carbocycles. The number of aryl methyl sites for hydroxylation is 2. The lowest BCUT2D eigenvalue weighted by Crippen LogP contribution is -2.26. The van der Waals surface area contributed by atoms with Gasteiger partial charge in [0.1, 0.15) is 5.82 Å². The van der Waals surface area contributed by atoms with E-state index >= 15 is 0 Å². The van der Waals surface area contributed by atoms with Crippen molar-refractivity contribution in [2.24, 2.45) is 0 Å². The maximum Gasteiger partial charge on any atom is 0.253 e. The number of imidazole rings is 1. The number of aromatic amines is 1. The van der Waals surface area contributed by atoms with Gasteiger partial charge >= 0.3 is 0 Å². The number of H-pyrrole nitrogens is 1. The Labute approximate surface area is 129 Å². The lowest BCUT2D eigenvalue weighted by atomic mass is 10.2. The normalized spacial score (nSPS) is 11.0. The Morgan fingerprint density at radius 3 is 2.86 bits per heavy atom. The predicted octanol–water partition coefficient (Wildman–Crippen LogP) is 2.67. The molecule has 3 rings (SSSR count). The minimum absolute atomic E-state index is 0.0436. The van der Waals surface area contributed by atoms with Crippen molar-refractivity contribution in [1.82, 2.24) is 19.9 Å². The molecule has 0 bridgehead atoms. The molecule has 0 aliphatic heterocycles. The molecule has 1 aromatic carbocycles. The number of carbonyl (C=O) groups is 1. The van der Waals surface area contributed by atoms with E-state index < -0.39 is 0 Å². The Morgan fingerprint density at radius 2 is 2.14 bits per heavy atom. The van der Waals surface area contributed by atoms with Gasteiger partial charge in [0.2, 0.25) is 0 Å². The molecular formula is C17H20N4O. The largest absolute Gasteiger partial charge is 0.365 e. The lowest BCUT2D eigenvalue weighted by Gasteiger charge is -2.07. The van der Waals surface area contributed by atoms with Crippen LogP contribution in [0.3, 0.4) is 0 Å². The zero-order chi connectivity index (χ0) is 15.5. The van der Waals surface area contributed by atoms with Crippen molar-refractivity contribution >= 4 is 16.9 Å². The second kappa shape index (κ2) is 6.05. The minimum atomic E-state index is -0.0436. The summed E-state index contributed by atoms with van der Waals surface area (Å²) < 4.78 is 2.20. The van der Waals surface area contributed by atoms with E-state index in [1.165, 1.54) is 0 Å². The summed E-state index contributed by atoms with van der Waals surface area (Å²) in [5.41, 5.74) is 3.74. The maximum absolute atomic E-state index is 12.1. The van der Waals surface area contributed by atoms with E-state index in [4.69, 9.17) is 0 Å². The van der Waals surface area contributed by atoms with Crippen LogP contribution in [0.5, 0.6) is 0 Å². The first-order chi connectivity index (χ1) is 10.7. The Hall–Kier alpha value is -2.56. The first kappa shape index (κ1) is 14.4. The highest BCUT2D eigenvalue weighted by Crippen LogP contribution is 2.16. The topological polar surface area (TPSA) is 62.7 Å². The van der Waals surface area contributed by atoms with Gasteiger partial charge in [-0.3, -0.25) is 4.79 Å². The van der Waals surface area contributed by atoms with Gasteiger partial charge in [-0.2, -0.15) is 0 Å². The van der Waals surface area contributed by atoms with Crippen molar-refractivity contribution in [3.63, 3.8) is 0 Å². The van der Waals surface area contributed by atoms with E-state index in [0.717, 1.165) is 35.5 Å². The number of aromatic nitrogens is 3. The monoisotopic (exact) mass is 296 g/mol. The fourth-order valence-corrected chi connectivity index (χ4v) is 2.75. The van der Waals surface area contributed by atoms with Crippen LogP contribution in [-0.4, -0.2) is 27.0 Å². The molecule has 2 N–H and O–H groups in total. The molecule has 3 aromatic rings. The third kappa shape index (κ3) is 2.62. The Morgan fingerprint density at radius 1 is 1.32 bits per heavy atom. The average molecular weight is 296 g/mol. The van der Waals surface area contributed by atoms with Gasteiger partial charge in [-0.05, 0) is 32.0 Å². The van der Waals surface area contributed by atoms with Crippen molar-refractivity contribution in [2.75, 3.05) is 6.54 Å². The second-order valence-electron chi connectivity index (χ2n) is 5.28. The molecule has 114 valence electrons. The van der Waals surface area contributed by atoms with Crippen LogP contribution in [0.4, 0.5) is 0 Å². The highest BCUT2D eigenvalue weighted by atomic mass is 16.1. The van der Waals surface area contributed by atoms with Crippen molar-refractivity contribution < 1.29 is 4.79 Å². The third-order valence-electron chi connectivity index (χ3n) is 3.88. The van der Waals surface area contributed by atoms with Crippen molar-refractivity contribution in [3.05, 3.63) is 53.6 Å². The summed E-state index contributed by atoms with van der Waals surface area (Å²) in [7, 11) is 0. The number of amides is 1. The van der Waals surface area contributed by atoms with Crippen LogP contribution in [0.2, 0.25) is 0 Å². The van der Waals surface area contributed by atoms with Gasteiger partial charge in [-0.25, -0.2) is 4.98 Å². The summed E-state index contributed by atoms with van der Waals surface area (Å²) in [6, 6.07) is 9.92. The Kier molecular flexibility index (Phi) is 3.96. The Balaban J connectivity index is 1.69. The fourth-order valence-electron chi connectivity index (χ4n) is 2.75. The summed E-state index contributed by atoms with van der Waals surface area (Å²) in [5, 5.41) is 2.96. The smallest absolute Gasteiger partial charge is 0.253 e. The first-order valence-electron chi connectivity index (χ1n) is 7.57. The first-order valence-corrected chi connectivity index (χ1v) is 7.57. The van der Waals surface area contributed by atoms with E-state index in [2.05, 4.69) is 32.8 Å². The van der Waals surface area contributed by atoms with Crippen LogP contribution in [0.15, 0.2) is 36.5 Å². The number of hydrogen-bond acceptors (Lipinski definition) is 2. The molecular weight excluding hydrogens is 276 g/mol. The van der Waals surface area contributed by atoms with Gasteiger partial charge in [-0.1, -0.05) is 12.1 Å². The molecule has 0 radical (unpaired) electrons. The van der Waals surface area contributed by atoms with Gasteiger partial charge < -0.3 is 14.9 Å². The molecule has 0 saturated heterocycles. The lowest BCUT2D eigenvalue weighted by molar-refractivity contribution is 0.0953. The van der Waals surface area contributed by atoms with E-state index in [1.54, 1.807) is 12.3 Å². The summed E-state index contributed by atoms with van der Waals surface area (Å²) in [4.78, 5) is 19.8. The SMILES string of the molecule is CCn1c(CCNC(=O)c2cc[nH]c2C)nc2ccccc21. The van der Waals surface area contributed by atoms with Gasteiger partial charge in [0.25, 0.3) is 5.91 Å². The minimum Gasteiger partial charge on any atom is -0.365 e. The molecule has 0 spiro atoms. The summed E-state index contributed by atoms with van der Waals surface area (Å²) in [6.45, 7) is 5.46. The van der Waals surface area contributed by atoms with Gasteiger partial charge in [0, 0.05) is 31.4 Å². The van der Waals surface area contributed by atoms with E-state index in [1.807, 2.05) is 25.1 Å². The highest BCUT2D eigenvalue weighted by Gasteiger charge is 2.11. The van der Waals surface area contributed by atoms with Crippen molar-refractivity contribution in [2.45, 2.75) is 26.8 Å². The molecule has 0 aliphatic carbocycles. The van der Waals surface area contributed by atoms with Crippen molar-refractivity contribution in [1.29, 1.82) is 0 Å². The molecule has 1 amide bonds. The molecule has 2 aromatic heterocycles. The quantitative estimate of drug-likeness (QED) is 0.760. The molecule has 5 nitrogen and oxygen atoms in total. The molecule has 22 heavy (non-hydrogen) atoms. The van der Waals surface area contributed by atoms with Crippen LogP contribution < -0.4 is 5.32 Å². The zero-order valence-corrected chi connectivity index (χ0v) is 12.9. The molecule has 0 fully saturated rings. The number of hydrogen-bond donors (Lipinski definition) is 2. The number of para-hydroxylation sites is 2. The number of carbonyl (C=O) groups excluding carboxylic acids is 1. The van der Waals surface area contributed by atoms with Gasteiger partial charge in [0.15, 0.2) is 0 Å². The highest BCUT2D eigenvalue weighted by molar-refractivity contribution is 5.95. The Bertz CT molecular complexity index is 800. The second-order valence-corrected chi connectivity index (χ2v) is 5.28. The van der Waals surface area contributed by atoms with Gasteiger partial charge in [0.05, 0.1) is 16.6 Å². The molecule has 0 aliphatic rings. The van der Waals surface area contributed by atoms with Crippen LogP contribution >= 0.6 is 0 Å². The van der Waals surface area contributed by atoms with Gasteiger partial charge in [-0.15, -0.1) is 0 Å². The zero-order valence-electron chi connectivity index (χ0n) is 12.9.